The summed E-state index contributed by atoms with van der Waals surface area (Å²) in [5.74, 6) is -0.178. The second kappa shape index (κ2) is 9.35. The Bertz CT molecular complexity index is 1070. The van der Waals surface area contributed by atoms with E-state index in [-0.39, 0.29) is 17.9 Å². The van der Waals surface area contributed by atoms with Crippen LogP contribution in [-0.4, -0.2) is 46.0 Å². The van der Waals surface area contributed by atoms with E-state index in [0.717, 1.165) is 17.7 Å². The average Bonchev–Trinajstić information content (AvgIpc) is 3.29. The molecule has 0 unspecified atom stereocenters. The molecule has 160 valence electrons. The van der Waals surface area contributed by atoms with Crippen molar-refractivity contribution >= 4 is 23.4 Å². The lowest BCUT2D eigenvalue weighted by Crippen LogP contribution is -2.46. The zero-order valence-electron chi connectivity index (χ0n) is 17.4. The maximum absolute atomic E-state index is 13.1. The second-order valence-electron chi connectivity index (χ2n) is 7.76. The number of nitrogens with one attached hydrogen (secondary N) is 2. The van der Waals surface area contributed by atoms with Gasteiger partial charge in [-0.2, -0.15) is 5.10 Å². The first-order chi connectivity index (χ1) is 15.0. The van der Waals surface area contributed by atoms with Gasteiger partial charge in [-0.05, 0) is 43.0 Å². The van der Waals surface area contributed by atoms with Crippen LogP contribution in [-0.2, 0) is 6.42 Å². The summed E-state index contributed by atoms with van der Waals surface area (Å²) in [4.78, 5) is 27.4. The molecule has 1 aliphatic heterocycles. The van der Waals surface area contributed by atoms with Gasteiger partial charge in [0.25, 0.3) is 11.8 Å². The third-order valence-electron chi connectivity index (χ3n) is 5.72. The number of aryl methyl sites for hydroxylation is 1. The van der Waals surface area contributed by atoms with Crippen molar-refractivity contribution in [3.63, 3.8) is 0 Å². The van der Waals surface area contributed by atoms with Gasteiger partial charge in [-0.3, -0.25) is 14.7 Å². The van der Waals surface area contributed by atoms with E-state index in [1.54, 1.807) is 30.5 Å². The van der Waals surface area contributed by atoms with E-state index < -0.39 is 0 Å². The first-order valence-corrected chi connectivity index (χ1v) is 10.9. The summed E-state index contributed by atoms with van der Waals surface area (Å²) < 4.78 is 0. The Morgan fingerprint density at radius 3 is 2.58 bits per heavy atom. The molecule has 1 fully saturated rings. The molecule has 2 amide bonds. The summed E-state index contributed by atoms with van der Waals surface area (Å²) in [6.07, 6.45) is 3.98. The van der Waals surface area contributed by atoms with Gasteiger partial charge in [0.15, 0.2) is 0 Å². The first-order valence-electron chi connectivity index (χ1n) is 10.5. The van der Waals surface area contributed by atoms with Gasteiger partial charge in [0.05, 0.1) is 17.5 Å². The van der Waals surface area contributed by atoms with E-state index in [1.807, 2.05) is 17.0 Å². The van der Waals surface area contributed by atoms with E-state index >= 15 is 0 Å². The summed E-state index contributed by atoms with van der Waals surface area (Å²) in [5.41, 5.74) is 4.05. The van der Waals surface area contributed by atoms with Crippen molar-refractivity contribution in [1.82, 2.24) is 20.4 Å². The Morgan fingerprint density at radius 1 is 1.16 bits per heavy atom. The number of halogens is 1. The first kappa shape index (κ1) is 21.1. The van der Waals surface area contributed by atoms with Gasteiger partial charge in [-0.25, -0.2) is 0 Å². The van der Waals surface area contributed by atoms with E-state index in [2.05, 4.69) is 34.6 Å². The normalized spacial score (nSPS) is 14.5. The molecule has 1 aromatic heterocycles. The fourth-order valence-electron chi connectivity index (χ4n) is 3.87. The number of carbonyl (C=O) groups is 2. The lowest BCUT2D eigenvalue weighted by atomic mass is 10.0. The van der Waals surface area contributed by atoms with Crippen molar-refractivity contribution in [3.8, 4) is 11.3 Å². The van der Waals surface area contributed by atoms with Crippen LogP contribution >= 0.6 is 11.6 Å². The van der Waals surface area contributed by atoms with E-state index in [4.69, 9.17) is 11.6 Å². The quantitative estimate of drug-likeness (QED) is 0.625. The molecule has 0 aliphatic carbocycles. The highest BCUT2D eigenvalue weighted by Crippen LogP contribution is 2.24. The van der Waals surface area contributed by atoms with Gasteiger partial charge >= 0.3 is 0 Å². The Morgan fingerprint density at radius 2 is 1.90 bits per heavy atom. The number of hydrogen-bond donors (Lipinski definition) is 2. The Hall–Kier alpha value is -3.12. The third kappa shape index (κ3) is 4.80. The minimum Gasteiger partial charge on any atom is -0.349 e. The molecule has 2 aromatic carbocycles. The molecule has 0 spiro atoms. The number of H-pyrrole nitrogens is 1. The number of benzene rings is 2. The summed E-state index contributed by atoms with van der Waals surface area (Å²) in [7, 11) is 0. The van der Waals surface area contributed by atoms with Crippen molar-refractivity contribution in [2.45, 2.75) is 32.2 Å². The highest BCUT2D eigenvalue weighted by atomic mass is 35.5. The Balaban J connectivity index is 1.38. The molecule has 1 saturated heterocycles. The zero-order valence-corrected chi connectivity index (χ0v) is 18.2. The zero-order chi connectivity index (χ0) is 21.8. The molecule has 7 heteroatoms. The highest BCUT2D eigenvalue weighted by molar-refractivity contribution is 6.30. The van der Waals surface area contributed by atoms with Gasteiger partial charge in [0.1, 0.15) is 0 Å². The molecule has 0 radical (unpaired) electrons. The van der Waals surface area contributed by atoms with Crippen LogP contribution in [0.5, 0.6) is 0 Å². The summed E-state index contributed by atoms with van der Waals surface area (Å²) in [5, 5.41) is 10.7. The van der Waals surface area contributed by atoms with Gasteiger partial charge in [-0.15, -0.1) is 0 Å². The van der Waals surface area contributed by atoms with E-state index in [1.165, 1.54) is 5.56 Å². The van der Waals surface area contributed by atoms with Crippen LogP contribution in [0, 0.1) is 0 Å². The maximum atomic E-state index is 13.1. The maximum Gasteiger partial charge on any atom is 0.257 e. The average molecular weight is 437 g/mol. The monoisotopic (exact) mass is 436 g/mol. The summed E-state index contributed by atoms with van der Waals surface area (Å²) in [6.45, 7) is 3.28. The fourth-order valence-corrected chi connectivity index (χ4v) is 4.06. The molecule has 4 rings (SSSR count). The number of hydrogen-bond acceptors (Lipinski definition) is 3. The summed E-state index contributed by atoms with van der Waals surface area (Å²) >= 11 is 5.97. The molecule has 1 aliphatic rings. The molecule has 31 heavy (non-hydrogen) atoms. The Labute approximate surface area is 186 Å². The largest absolute Gasteiger partial charge is 0.349 e. The van der Waals surface area contributed by atoms with Crippen molar-refractivity contribution < 1.29 is 9.59 Å². The lowest BCUT2D eigenvalue weighted by Gasteiger charge is -2.32. The number of carbonyl (C=O) groups excluding carboxylic acids is 2. The molecule has 2 heterocycles. The van der Waals surface area contributed by atoms with E-state index in [0.29, 0.717) is 42.1 Å². The SMILES string of the molecule is CCc1ccc(-c2[nH]ncc2C(=O)N2CCC(NC(=O)c3cccc(Cl)c3)CC2)cc1. The third-order valence-corrected chi connectivity index (χ3v) is 5.96. The van der Waals surface area contributed by atoms with Crippen LogP contribution in [0.3, 0.4) is 0 Å². The lowest BCUT2D eigenvalue weighted by molar-refractivity contribution is 0.0699. The van der Waals surface area contributed by atoms with Crippen molar-refractivity contribution in [2.75, 3.05) is 13.1 Å². The predicted molar refractivity (Wildman–Crippen MR) is 121 cm³/mol. The van der Waals surface area contributed by atoms with Gasteiger partial charge in [0.2, 0.25) is 0 Å². The topological polar surface area (TPSA) is 78.1 Å². The molecular weight excluding hydrogens is 412 g/mol. The van der Waals surface area contributed by atoms with Crippen LogP contribution in [0.15, 0.2) is 54.7 Å². The Kier molecular flexibility index (Phi) is 6.37. The number of amides is 2. The number of piperidine rings is 1. The van der Waals surface area contributed by atoms with Crippen molar-refractivity contribution in [2.24, 2.45) is 0 Å². The predicted octanol–water partition coefficient (Wildman–Crippen LogP) is 4.33. The molecule has 0 atom stereocenters. The molecule has 3 aromatic rings. The van der Waals surface area contributed by atoms with Gasteiger partial charge in [-0.1, -0.05) is 48.9 Å². The van der Waals surface area contributed by atoms with Crippen molar-refractivity contribution in [3.05, 3.63) is 76.4 Å². The number of nitrogens with zero attached hydrogens (tertiary/aromatic N) is 2. The minimum atomic E-state index is -0.139. The number of aromatic nitrogens is 2. The second-order valence-corrected chi connectivity index (χ2v) is 8.20. The number of aromatic amines is 1. The number of likely N-dealkylation sites (tertiary alicyclic amines) is 1. The standard InChI is InChI=1S/C24H25ClN4O2/c1-2-16-6-8-17(9-7-16)22-21(15-26-28-22)24(31)29-12-10-20(11-13-29)27-23(30)18-4-3-5-19(25)14-18/h3-9,14-15,20H,2,10-13H2,1H3,(H,26,28)(H,27,30). The van der Waals surface area contributed by atoms with Crippen LogP contribution < -0.4 is 5.32 Å². The molecule has 0 bridgehead atoms. The van der Waals surface area contributed by atoms with Crippen molar-refractivity contribution in [1.29, 1.82) is 0 Å². The molecule has 0 saturated carbocycles. The van der Waals surface area contributed by atoms with Crippen LogP contribution in [0.4, 0.5) is 0 Å². The smallest absolute Gasteiger partial charge is 0.257 e. The fraction of sp³-hybridized carbons (Fsp3) is 0.292. The van der Waals surface area contributed by atoms with Crippen LogP contribution in [0.1, 0.15) is 46.0 Å². The minimum absolute atomic E-state index is 0.0286. The highest BCUT2D eigenvalue weighted by Gasteiger charge is 2.27. The summed E-state index contributed by atoms with van der Waals surface area (Å²) in [6, 6.07) is 15.1. The molecular formula is C24H25ClN4O2. The molecule has 6 nitrogen and oxygen atoms in total. The molecule has 2 N–H and O–H groups in total. The number of rotatable bonds is 5. The van der Waals surface area contributed by atoms with Crippen LogP contribution in [0.25, 0.3) is 11.3 Å². The van der Waals surface area contributed by atoms with Gasteiger partial charge < -0.3 is 10.2 Å². The van der Waals surface area contributed by atoms with Crippen LogP contribution in [0.2, 0.25) is 5.02 Å². The van der Waals surface area contributed by atoms with E-state index in [9.17, 15) is 9.59 Å². The van der Waals surface area contributed by atoms with Gasteiger partial charge in [0, 0.05) is 35.3 Å².